The minimum atomic E-state index is 0.371. The third-order valence-corrected chi connectivity index (χ3v) is 8.99. The highest BCUT2D eigenvalue weighted by Gasteiger charge is 2.76. The van der Waals surface area contributed by atoms with Crippen LogP contribution < -0.4 is 0 Å². The van der Waals surface area contributed by atoms with Gasteiger partial charge in [-0.1, -0.05) is 50.3 Å². The second-order valence-corrected chi connectivity index (χ2v) is 9.57. The maximum absolute atomic E-state index is 4.61. The Morgan fingerprint density at radius 3 is 2.91 bits per heavy atom. The van der Waals surface area contributed by atoms with Crippen molar-refractivity contribution in [3.05, 3.63) is 47.6 Å². The van der Waals surface area contributed by atoms with Gasteiger partial charge in [-0.15, -0.1) is 0 Å². The second-order valence-electron chi connectivity index (χ2n) is 9.57. The van der Waals surface area contributed by atoms with Crippen LogP contribution in [-0.2, 0) is 0 Å². The molecule has 6 aliphatic rings. The quantitative estimate of drug-likeness (QED) is 0.610. The number of hydrogen-bond donors (Lipinski definition) is 0. The summed E-state index contributed by atoms with van der Waals surface area (Å²) in [4.78, 5) is 2.59. The molecule has 8 unspecified atom stereocenters. The van der Waals surface area contributed by atoms with Crippen LogP contribution in [0.15, 0.2) is 47.6 Å². The van der Waals surface area contributed by atoms with E-state index in [4.69, 9.17) is 0 Å². The first-order chi connectivity index (χ1) is 11.0. The SMILES string of the molecule is C=C1C2=CC=C3CC4C(C)C=CC5C4C3(C)C2C12CN(C)CC52. The Morgan fingerprint density at radius 1 is 1.26 bits per heavy atom. The van der Waals surface area contributed by atoms with Crippen LogP contribution >= 0.6 is 0 Å². The smallest absolute Gasteiger partial charge is 0.0200 e. The standard InChI is InChI=1S/C22H27N/c1-12-5-7-16-18-10-23(4)11-22(18)13(2)15-8-6-14-9-17(12)19(16)21(14,3)20(15)22/h5-8,12,16-20H,2,9-11H2,1,3-4H3. The van der Waals surface area contributed by atoms with Crippen LogP contribution in [0.3, 0.4) is 0 Å². The van der Waals surface area contributed by atoms with Gasteiger partial charge in [-0.25, -0.2) is 0 Å². The van der Waals surface area contributed by atoms with Crippen molar-refractivity contribution in [3.63, 3.8) is 0 Å². The van der Waals surface area contributed by atoms with Crippen molar-refractivity contribution in [1.82, 2.24) is 4.90 Å². The van der Waals surface area contributed by atoms with Gasteiger partial charge < -0.3 is 4.90 Å². The second kappa shape index (κ2) is 3.61. The molecule has 0 aromatic rings. The lowest BCUT2D eigenvalue weighted by atomic mass is 9.33. The van der Waals surface area contributed by atoms with Gasteiger partial charge >= 0.3 is 0 Å². The van der Waals surface area contributed by atoms with E-state index in [9.17, 15) is 0 Å². The molecular weight excluding hydrogens is 278 g/mol. The summed E-state index contributed by atoms with van der Waals surface area (Å²) in [7, 11) is 2.33. The summed E-state index contributed by atoms with van der Waals surface area (Å²) in [6.45, 7) is 12.2. The normalized spacial score (nSPS) is 58.3. The molecule has 3 saturated carbocycles. The molecule has 5 aliphatic carbocycles. The van der Waals surface area contributed by atoms with E-state index >= 15 is 0 Å². The molecule has 1 saturated heterocycles. The number of hydrogen-bond acceptors (Lipinski definition) is 1. The van der Waals surface area contributed by atoms with E-state index < -0.39 is 0 Å². The molecule has 23 heavy (non-hydrogen) atoms. The van der Waals surface area contributed by atoms with Crippen LogP contribution in [-0.4, -0.2) is 25.0 Å². The van der Waals surface area contributed by atoms with Gasteiger partial charge in [-0.3, -0.25) is 0 Å². The number of nitrogens with zero attached hydrogens (tertiary/aromatic N) is 1. The molecule has 8 atom stereocenters. The monoisotopic (exact) mass is 305 g/mol. The first kappa shape index (κ1) is 13.2. The van der Waals surface area contributed by atoms with Crippen molar-refractivity contribution in [3.8, 4) is 0 Å². The fraction of sp³-hybridized carbons (Fsp3) is 0.636. The average Bonchev–Trinajstić information content (AvgIpc) is 3.03. The molecule has 0 amide bonds. The van der Waals surface area contributed by atoms with Gasteiger partial charge in [-0.2, -0.15) is 0 Å². The highest BCUT2D eigenvalue weighted by Crippen LogP contribution is 2.80. The fourth-order valence-corrected chi connectivity index (χ4v) is 8.31. The maximum Gasteiger partial charge on any atom is 0.0200 e. The minimum Gasteiger partial charge on any atom is -0.305 e. The van der Waals surface area contributed by atoms with E-state index in [0.29, 0.717) is 10.8 Å². The predicted octanol–water partition coefficient (Wildman–Crippen LogP) is 4.06. The molecule has 0 aromatic carbocycles. The molecule has 0 aromatic heterocycles. The summed E-state index contributed by atoms with van der Waals surface area (Å²) in [6, 6.07) is 0. The summed E-state index contributed by atoms with van der Waals surface area (Å²) in [6.07, 6.45) is 11.5. The summed E-state index contributed by atoms with van der Waals surface area (Å²) in [5.74, 6) is 4.79. The van der Waals surface area contributed by atoms with Crippen LogP contribution in [0.25, 0.3) is 0 Å². The molecule has 0 bridgehead atoms. The first-order valence-electron chi connectivity index (χ1n) is 9.47. The Bertz CT molecular complexity index is 739. The van der Waals surface area contributed by atoms with E-state index in [2.05, 4.69) is 56.7 Å². The molecule has 1 heterocycles. The van der Waals surface area contributed by atoms with Crippen molar-refractivity contribution in [2.45, 2.75) is 20.3 Å². The van der Waals surface area contributed by atoms with E-state index in [1.807, 2.05) is 0 Å². The minimum absolute atomic E-state index is 0.371. The van der Waals surface area contributed by atoms with Crippen LogP contribution in [0.1, 0.15) is 20.3 Å². The topological polar surface area (TPSA) is 3.24 Å². The van der Waals surface area contributed by atoms with Crippen molar-refractivity contribution in [1.29, 1.82) is 0 Å². The Labute approximate surface area is 139 Å². The summed E-state index contributed by atoms with van der Waals surface area (Å²) >= 11 is 0. The summed E-state index contributed by atoms with van der Waals surface area (Å²) in [5.41, 5.74) is 5.64. The van der Waals surface area contributed by atoms with Gasteiger partial charge in [-0.05, 0) is 54.2 Å². The number of rotatable bonds is 0. The highest BCUT2D eigenvalue weighted by atomic mass is 15.2. The molecule has 1 spiro atoms. The van der Waals surface area contributed by atoms with Crippen LogP contribution in [0, 0.1) is 46.3 Å². The zero-order valence-electron chi connectivity index (χ0n) is 14.5. The molecule has 120 valence electrons. The lowest BCUT2D eigenvalue weighted by molar-refractivity contribution is -0.0885. The first-order valence-corrected chi connectivity index (χ1v) is 9.47. The van der Waals surface area contributed by atoms with Crippen LogP contribution in [0.2, 0.25) is 0 Å². The molecule has 1 nitrogen and oxygen atoms in total. The molecule has 1 aliphatic heterocycles. The Kier molecular flexibility index (Phi) is 2.08. The molecule has 0 radical (unpaired) electrons. The fourth-order valence-electron chi connectivity index (χ4n) is 8.31. The summed E-state index contributed by atoms with van der Waals surface area (Å²) in [5, 5.41) is 0. The number of allylic oxidation sites excluding steroid dienone is 6. The highest BCUT2D eigenvalue weighted by molar-refractivity contribution is 5.61. The van der Waals surface area contributed by atoms with Crippen molar-refractivity contribution < 1.29 is 0 Å². The summed E-state index contributed by atoms with van der Waals surface area (Å²) < 4.78 is 0. The number of fused-ring (bicyclic) bond motifs is 1. The molecule has 0 N–H and O–H groups in total. The van der Waals surface area contributed by atoms with E-state index in [1.165, 1.54) is 25.1 Å². The van der Waals surface area contributed by atoms with Gasteiger partial charge in [0.2, 0.25) is 0 Å². The Balaban J connectivity index is 1.65. The van der Waals surface area contributed by atoms with E-state index in [0.717, 1.165) is 35.5 Å². The van der Waals surface area contributed by atoms with E-state index in [1.54, 1.807) is 11.1 Å². The molecular formula is C22H27N. The van der Waals surface area contributed by atoms with Crippen LogP contribution in [0.5, 0.6) is 0 Å². The van der Waals surface area contributed by atoms with Gasteiger partial charge in [0, 0.05) is 29.8 Å². The van der Waals surface area contributed by atoms with Crippen LogP contribution in [0.4, 0.5) is 0 Å². The van der Waals surface area contributed by atoms with Crippen molar-refractivity contribution in [2.24, 2.45) is 46.3 Å². The average molecular weight is 305 g/mol. The number of likely N-dealkylation sites (tertiary alicyclic amines) is 1. The zero-order chi connectivity index (χ0) is 15.7. The Morgan fingerprint density at radius 2 is 2.09 bits per heavy atom. The molecule has 6 rings (SSSR count). The third-order valence-electron chi connectivity index (χ3n) is 8.99. The van der Waals surface area contributed by atoms with Crippen molar-refractivity contribution in [2.75, 3.05) is 20.1 Å². The lowest BCUT2D eigenvalue weighted by Gasteiger charge is -2.69. The van der Waals surface area contributed by atoms with Gasteiger partial charge in [0.15, 0.2) is 0 Å². The van der Waals surface area contributed by atoms with Gasteiger partial charge in [0.25, 0.3) is 0 Å². The van der Waals surface area contributed by atoms with Crippen molar-refractivity contribution >= 4 is 0 Å². The van der Waals surface area contributed by atoms with Gasteiger partial charge in [0.05, 0.1) is 0 Å². The molecule has 1 heteroatoms. The van der Waals surface area contributed by atoms with E-state index in [-0.39, 0.29) is 0 Å². The zero-order valence-corrected chi connectivity index (χ0v) is 14.5. The molecule has 4 fully saturated rings. The predicted molar refractivity (Wildman–Crippen MR) is 93.7 cm³/mol. The lowest BCUT2D eigenvalue weighted by Crippen LogP contribution is -2.66. The van der Waals surface area contributed by atoms with Gasteiger partial charge in [0.1, 0.15) is 0 Å². The third kappa shape index (κ3) is 1.12. The Hall–Kier alpha value is -1.08. The maximum atomic E-state index is 4.61. The largest absolute Gasteiger partial charge is 0.305 e.